The Morgan fingerprint density at radius 2 is 1.69 bits per heavy atom. The first-order chi connectivity index (χ1) is 12.7. The zero-order chi connectivity index (χ0) is 18.4. The lowest BCUT2D eigenvalue weighted by Crippen LogP contribution is -2.13. The van der Waals surface area contributed by atoms with E-state index in [0.29, 0.717) is 11.3 Å². The third-order valence-corrected chi connectivity index (χ3v) is 3.77. The predicted octanol–water partition coefficient (Wildman–Crippen LogP) is 5.11. The second-order valence-electron chi connectivity index (χ2n) is 5.57. The molecule has 0 heterocycles. The highest BCUT2D eigenvalue weighted by atomic mass is 19.1. The standard InChI is InChI=1S/C21H15FN2O2/c22-20-12-17(6-7-18(20)13-23)16-8-10-19(11-9-16)24-21(25)26-14-15-4-2-1-3-5-15/h1-12H,14H2,(H,24,25). The Morgan fingerprint density at radius 3 is 2.35 bits per heavy atom. The SMILES string of the molecule is N#Cc1ccc(-c2ccc(NC(=O)OCc3ccccc3)cc2)cc1F. The molecule has 0 aliphatic heterocycles. The van der Waals surface area contributed by atoms with E-state index in [4.69, 9.17) is 10.00 Å². The van der Waals surface area contributed by atoms with Gasteiger partial charge in [-0.3, -0.25) is 5.32 Å². The summed E-state index contributed by atoms with van der Waals surface area (Å²) in [6, 6.07) is 22.5. The number of halogens is 1. The molecule has 1 amide bonds. The largest absolute Gasteiger partial charge is 0.444 e. The van der Waals surface area contributed by atoms with E-state index in [1.807, 2.05) is 30.3 Å². The average Bonchev–Trinajstić information content (AvgIpc) is 2.68. The van der Waals surface area contributed by atoms with Gasteiger partial charge in [0.1, 0.15) is 18.5 Å². The van der Waals surface area contributed by atoms with Crippen LogP contribution in [-0.2, 0) is 11.3 Å². The Morgan fingerprint density at radius 1 is 1.00 bits per heavy atom. The monoisotopic (exact) mass is 346 g/mol. The predicted molar refractivity (Wildman–Crippen MR) is 96.8 cm³/mol. The van der Waals surface area contributed by atoms with Crippen LogP contribution in [0, 0.1) is 17.1 Å². The van der Waals surface area contributed by atoms with E-state index in [1.54, 1.807) is 36.4 Å². The molecule has 0 aliphatic rings. The molecule has 1 N–H and O–H groups in total. The zero-order valence-corrected chi connectivity index (χ0v) is 13.8. The molecule has 0 aromatic heterocycles. The summed E-state index contributed by atoms with van der Waals surface area (Å²) in [6.07, 6.45) is -0.550. The molecule has 0 saturated heterocycles. The second kappa shape index (κ2) is 7.95. The van der Waals surface area contributed by atoms with Crippen LogP contribution in [0.2, 0.25) is 0 Å². The normalized spacial score (nSPS) is 10.0. The maximum Gasteiger partial charge on any atom is 0.411 e. The van der Waals surface area contributed by atoms with E-state index < -0.39 is 11.9 Å². The van der Waals surface area contributed by atoms with Crippen molar-refractivity contribution in [2.24, 2.45) is 0 Å². The third-order valence-electron chi connectivity index (χ3n) is 3.77. The molecule has 3 aromatic rings. The molecule has 0 spiro atoms. The smallest absolute Gasteiger partial charge is 0.411 e. The van der Waals surface area contributed by atoms with Gasteiger partial charge in [0.2, 0.25) is 0 Å². The van der Waals surface area contributed by atoms with Crippen LogP contribution in [-0.4, -0.2) is 6.09 Å². The Bertz CT molecular complexity index is 948. The molecule has 0 bridgehead atoms. The molecular weight excluding hydrogens is 331 g/mol. The van der Waals surface area contributed by atoms with Crippen molar-refractivity contribution in [1.82, 2.24) is 0 Å². The van der Waals surface area contributed by atoms with E-state index in [0.717, 1.165) is 11.1 Å². The molecule has 5 heteroatoms. The number of rotatable bonds is 4. The first-order valence-electron chi connectivity index (χ1n) is 7.93. The minimum Gasteiger partial charge on any atom is -0.444 e. The Kier molecular flexibility index (Phi) is 5.25. The van der Waals surface area contributed by atoms with Gasteiger partial charge < -0.3 is 4.74 Å². The first kappa shape index (κ1) is 17.2. The fourth-order valence-corrected chi connectivity index (χ4v) is 2.41. The van der Waals surface area contributed by atoms with Crippen LogP contribution in [0.25, 0.3) is 11.1 Å². The number of nitrogens with one attached hydrogen (secondary N) is 1. The molecule has 0 saturated carbocycles. The van der Waals surface area contributed by atoms with Crippen molar-refractivity contribution in [2.45, 2.75) is 6.61 Å². The molecular formula is C21H15FN2O2. The number of anilines is 1. The van der Waals surface area contributed by atoms with E-state index in [-0.39, 0.29) is 12.2 Å². The van der Waals surface area contributed by atoms with Crippen LogP contribution >= 0.6 is 0 Å². The minimum absolute atomic E-state index is 0.00759. The van der Waals surface area contributed by atoms with Crippen molar-refractivity contribution in [2.75, 3.05) is 5.32 Å². The summed E-state index contributed by atoms with van der Waals surface area (Å²) in [5, 5.41) is 11.4. The first-order valence-corrected chi connectivity index (χ1v) is 7.93. The number of carbonyl (C=O) groups excluding carboxylic acids is 1. The maximum atomic E-state index is 13.7. The number of hydrogen-bond donors (Lipinski definition) is 1. The van der Waals surface area contributed by atoms with Gasteiger partial charge in [0.25, 0.3) is 0 Å². The van der Waals surface area contributed by atoms with Crippen molar-refractivity contribution >= 4 is 11.8 Å². The van der Waals surface area contributed by atoms with Crippen LogP contribution < -0.4 is 5.32 Å². The van der Waals surface area contributed by atoms with Crippen LogP contribution in [0.15, 0.2) is 72.8 Å². The zero-order valence-electron chi connectivity index (χ0n) is 13.8. The molecule has 0 fully saturated rings. The number of nitrogens with zero attached hydrogens (tertiary/aromatic N) is 1. The van der Waals surface area contributed by atoms with Gasteiger partial charge in [-0.2, -0.15) is 5.26 Å². The molecule has 0 atom stereocenters. The van der Waals surface area contributed by atoms with Gasteiger partial charge in [-0.25, -0.2) is 9.18 Å². The number of ether oxygens (including phenoxy) is 1. The number of benzene rings is 3. The van der Waals surface area contributed by atoms with Gasteiger partial charge in [0.05, 0.1) is 5.56 Å². The Labute approximate surface area is 150 Å². The molecule has 0 radical (unpaired) electrons. The summed E-state index contributed by atoms with van der Waals surface area (Å²) in [6.45, 7) is 0.190. The summed E-state index contributed by atoms with van der Waals surface area (Å²) in [5.41, 5.74) is 2.91. The fraction of sp³-hybridized carbons (Fsp3) is 0.0476. The van der Waals surface area contributed by atoms with Crippen LogP contribution in [0.4, 0.5) is 14.9 Å². The fourth-order valence-electron chi connectivity index (χ4n) is 2.41. The topological polar surface area (TPSA) is 62.1 Å². The highest BCUT2D eigenvalue weighted by Crippen LogP contribution is 2.23. The van der Waals surface area contributed by atoms with E-state index in [9.17, 15) is 9.18 Å². The molecule has 3 aromatic carbocycles. The summed E-state index contributed by atoms with van der Waals surface area (Å²) >= 11 is 0. The van der Waals surface area contributed by atoms with Crippen molar-refractivity contribution in [1.29, 1.82) is 5.26 Å². The van der Waals surface area contributed by atoms with Gasteiger partial charge in [0.15, 0.2) is 0 Å². The van der Waals surface area contributed by atoms with Gasteiger partial charge in [-0.1, -0.05) is 48.5 Å². The van der Waals surface area contributed by atoms with Crippen LogP contribution in [0.1, 0.15) is 11.1 Å². The number of amides is 1. The molecule has 0 aliphatic carbocycles. The molecule has 4 nitrogen and oxygen atoms in total. The van der Waals surface area contributed by atoms with E-state index >= 15 is 0 Å². The summed E-state index contributed by atoms with van der Waals surface area (Å²) in [7, 11) is 0. The highest BCUT2D eigenvalue weighted by Gasteiger charge is 2.07. The van der Waals surface area contributed by atoms with E-state index in [1.165, 1.54) is 12.1 Å². The van der Waals surface area contributed by atoms with Gasteiger partial charge in [0, 0.05) is 5.69 Å². The number of carbonyl (C=O) groups is 1. The minimum atomic E-state index is -0.559. The lowest BCUT2D eigenvalue weighted by atomic mass is 10.0. The van der Waals surface area contributed by atoms with Crippen molar-refractivity contribution in [3.8, 4) is 17.2 Å². The van der Waals surface area contributed by atoms with Crippen LogP contribution in [0.3, 0.4) is 0 Å². The third kappa shape index (κ3) is 4.25. The van der Waals surface area contributed by atoms with Crippen molar-refractivity contribution < 1.29 is 13.9 Å². The van der Waals surface area contributed by atoms with E-state index in [2.05, 4.69) is 5.32 Å². The van der Waals surface area contributed by atoms with Crippen LogP contribution in [0.5, 0.6) is 0 Å². The number of nitriles is 1. The summed E-state index contributed by atoms with van der Waals surface area (Å²) < 4.78 is 18.9. The Balaban J connectivity index is 1.61. The van der Waals surface area contributed by atoms with Gasteiger partial charge in [-0.05, 0) is 41.0 Å². The highest BCUT2D eigenvalue weighted by molar-refractivity contribution is 5.85. The van der Waals surface area contributed by atoms with Gasteiger partial charge in [-0.15, -0.1) is 0 Å². The molecule has 3 rings (SSSR count). The van der Waals surface area contributed by atoms with Crippen molar-refractivity contribution in [3.63, 3.8) is 0 Å². The van der Waals surface area contributed by atoms with Crippen molar-refractivity contribution in [3.05, 3.63) is 89.7 Å². The average molecular weight is 346 g/mol. The Hall–Kier alpha value is -3.65. The summed E-state index contributed by atoms with van der Waals surface area (Å²) in [5.74, 6) is -0.559. The second-order valence-corrected chi connectivity index (χ2v) is 5.57. The molecule has 0 unspecified atom stereocenters. The molecule has 128 valence electrons. The maximum absolute atomic E-state index is 13.7. The lowest BCUT2D eigenvalue weighted by Gasteiger charge is -2.08. The lowest BCUT2D eigenvalue weighted by molar-refractivity contribution is 0.155. The van der Waals surface area contributed by atoms with Gasteiger partial charge >= 0.3 is 6.09 Å². The quantitative estimate of drug-likeness (QED) is 0.714. The number of hydrogen-bond acceptors (Lipinski definition) is 3. The summed E-state index contributed by atoms with van der Waals surface area (Å²) in [4.78, 5) is 11.8. The molecule has 26 heavy (non-hydrogen) atoms.